The summed E-state index contributed by atoms with van der Waals surface area (Å²) in [5, 5.41) is 5.52. The fourth-order valence-electron chi connectivity index (χ4n) is 1.99. The van der Waals surface area contributed by atoms with Crippen LogP contribution in [0.25, 0.3) is 0 Å². The van der Waals surface area contributed by atoms with Crippen LogP contribution in [-0.2, 0) is 22.6 Å². The molecule has 4 nitrogen and oxygen atoms in total. The lowest BCUT2D eigenvalue weighted by Crippen LogP contribution is -2.40. The van der Waals surface area contributed by atoms with Crippen molar-refractivity contribution in [2.45, 2.75) is 13.0 Å². The average Bonchev–Trinajstić information content (AvgIpc) is 2.54. The minimum absolute atomic E-state index is 0.0345. The molecular formula is C17H16ClFN2O2. The number of carbonyl (C=O) groups excluding carboxylic acids is 2. The van der Waals surface area contributed by atoms with Gasteiger partial charge in [-0.2, -0.15) is 0 Å². The Hall–Kier alpha value is -2.40. The summed E-state index contributed by atoms with van der Waals surface area (Å²) in [5.74, 6) is -1.96. The van der Waals surface area contributed by atoms with Crippen LogP contribution in [0.1, 0.15) is 11.1 Å². The molecule has 0 fully saturated rings. The number of rotatable bonds is 5. The Morgan fingerprint density at radius 1 is 1.00 bits per heavy atom. The lowest BCUT2D eigenvalue weighted by atomic mass is 10.1. The molecule has 2 rings (SSSR count). The third-order valence-electron chi connectivity index (χ3n) is 3.19. The summed E-state index contributed by atoms with van der Waals surface area (Å²) in [6.45, 7) is 0.277. The van der Waals surface area contributed by atoms with Gasteiger partial charge in [-0.1, -0.05) is 41.9 Å². The minimum Gasteiger partial charge on any atom is -0.348 e. The van der Waals surface area contributed by atoms with Crippen molar-refractivity contribution in [1.82, 2.24) is 10.6 Å². The van der Waals surface area contributed by atoms with Crippen molar-refractivity contribution in [3.8, 4) is 0 Å². The second-order valence-electron chi connectivity index (χ2n) is 4.91. The van der Waals surface area contributed by atoms with Gasteiger partial charge in [-0.05, 0) is 30.2 Å². The van der Waals surface area contributed by atoms with E-state index in [1.54, 1.807) is 30.3 Å². The molecule has 0 bridgehead atoms. The van der Waals surface area contributed by atoms with Crippen LogP contribution in [0.5, 0.6) is 0 Å². The first-order valence-electron chi connectivity index (χ1n) is 7.10. The summed E-state index contributed by atoms with van der Waals surface area (Å²) in [6, 6.07) is 13.3. The van der Waals surface area contributed by atoms with E-state index in [2.05, 4.69) is 10.6 Å². The largest absolute Gasteiger partial charge is 0.348 e. The normalized spacial score (nSPS) is 10.2. The summed E-state index contributed by atoms with van der Waals surface area (Å²) < 4.78 is 13.4. The monoisotopic (exact) mass is 334 g/mol. The van der Waals surface area contributed by atoms with E-state index in [-0.39, 0.29) is 6.54 Å². The molecule has 0 aromatic heterocycles. The Bertz CT molecular complexity index is 706. The smallest absolute Gasteiger partial charge is 0.309 e. The molecule has 0 aliphatic heterocycles. The molecule has 2 N–H and O–H groups in total. The molecule has 6 heteroatoms. The summed E-state index contributed by atoms with van der Waals surface area (Å²) in [4.78, 5) is 23.3. The predicted molar refractivity (Wildman–Crippen MR) is 86.4 cm³/mol. The standard InChI is InChI=1S/C17H16ClFN2O2/c18-14-6-3-4-12(10-14)8-9-20-16(22)17(23)21-11-13-5-1-2-7-15(13)19/h1-7,10H,8-9,11H2,(H,20,22)(H,21,23). The number of benzene rings is 2. The Kier molecular flexibility index (Phi) is 6.11. The van der Waals surface area contributed by atoms with Crippen molar-refractivity contribution in [3.05, 3.63) is 70.5 Å². The highest BCUT2D eigenvalue weighted by Crippen LogP contribution is 2.10. The Labute approximate surface area is 138 Å². The number of amides is 2. The maximum Gasteiger partial charge on any atom is 0.309 e. The molecule has 2 amide bonds. The Morgan fingerprint density at radius 3 is 2.48 bits per heavy atom. The maximum absolute atomic E-state index is 13.4. The molecule has 0 atom stereocenters. The summed E-state index contributed by atoms with van der Waals surface area (Å²) in [6.07, 6.45) is 0.562. The zero-order valence-corrected chi connectivity index (χ0v) is 13.1. The van der Waals surface area contributed by atoms with Gasteiger partial charge in [0.25, 0.3) is 0 Å². The van der Waals surface area contributed by atoms with Crippen LogP contribution in [0.15, 0.2) is 48.5 Å². The first-order valence-corrected chi connectivity index (χ1v) is 7.48. The SMILES string of the molecule is O=C(NCCc1cccc(Cl)c1)C(=O)NCc1ccccc1F. The molecule has 0 heterocycles. The van der Waals surface area contributed by atoms with E-state index in [0.29, 0.717) is 23.6 Å². The van der Waals surface area contributed by atoms with Gasteiger partial charge >= 0.3 is 11.8 Å². The lowest BCUT2D eigenvalue weighted by molar-refractivity contribution is -0.139. The Balaban J connectivity index is 1.75. The number of halogens is 2. The van der Waals surface area contributed by atoms with Gasteiger partial charge in [-0.3, -0.25) is 9.59 Å². The van der Waals surface area contributed by atoms with Crippen LogP contribution in [0, 0.1) is 5.82 Å². The number of nitrogens with one attached hydrogen (secondary N) is 2. The van der Waals surface area contributed by atoms with E-state index in [9.17, 15) is 14.0 Å². The van der Waals surface area contributed by atoms with Gasteiger partial charge in [0, 0.05) is 23.7 Å². The van der Waals surface area contributed by atoms with Crippen LogP contribution < -0.4 is 10.6 Å². The third kappa shape index (κ3) is 5.38. The highest BCUT2D eigenvalue weighted by Gasteiger charge is 2.13. The van der Waals surface area contributed by atoms with E-state index >= 15 is 0 Å². The number of carbonyl (C=O) groups is 2. The second-order valence-corrected chi connectivity index (χ2v) is 5.35. The van der Waals surface area contributed by atoms with Crippen molar-refractivity contribution in [2.75, 3.05) is 6.54 Å². The van der Waals surface area contributed by atoms with Gasteiger partial charge in [-0.15, -0.1) is 0 Å². The van der Waals surface area contributed by atoms with Crippen molar-refractivity contribution in [3.63, 3.8) is 0 Å². The van der Waals surface area contributed by atoms with Crippen molar-refractivity contribution < 1.29 is 14.0 Å². The molecule has 0 aliphatic carbocycles. The highest BCUT2D eigenvalue weighted by molar-refractivity contribution is 6.35. The van der Waals surface area contributed by atoms with Gasteiger partial charge in [0.15, 0.2) is 0 Å². The van der Waals surface area contributed by atoms with E-state index < -0.39 is 17.6 Å². The molecule has 23 heavy (non-hydrogen) atoms. The maximum atomic E-state index is 13.4. The van der Waals surface area contributed by atoms with Crippen molar-refractivity contribution in [1.29, 1.82) is 0 Å². The highest BCUT2D eigenvalue weighted by atomic mass is 35.5. The molecule has 2 aromatic rings. The second kappa shape index (κ2) is 8.29. The van der Waals surface area contributed by atoms with Crippen molar-refractivity contribution >= 4 is 23.4 Å². The lowest BCUT2D eigenvalue weighted by Gasteiger charge is -2.07. The van der Waals surface area contributed by atoms with Crippen LogP contribution in [0.4, 0.5) is 4.39 Å². The molecule has 0 spiro atoms. The van der Waals surface area contributed by atoms with Crippen LogP contribution in [0.3, 0.4) is 0 Å². The first kappa shape index (κ1) is 17.0. The van der Waals surface area contributed by atoms with Gasteiger partial charge in [0.2, 0.25) is 0 Å². The quantitative estimate of drug-likeness (QED) is 0.825. The minimum atomic E-state index is -0.792. The van der Waals surface area contributed by atoms with Gasteiger partial charge in [0.1, 0.15) is 5.82 Å². The zero-order chi connectivity index (χ0) is 16.7. The average molecular weight is 335 g/mol. The van der Waals surface area contributed by atoms with E-state index in [4.69, 9.17) is 11.6 Å². The summed E-state index contributed by atoms with van der Waals surface area (Å²) in [7, 11) is 0. The number of hydrogen-bond acceptors (Lipinski definition) is 2. The molecule has 0 saturated heterocycles. The third-order valence-corrected chi connectivity index (χ3v) is 3.43. The van der Waals surface area contributed by atoms with E-state index in [1.165, 1.54) is 6.07 Å². The molecule has 0 aliphatic rings. The molecule has 2 aromatic carbocycles. The van der Waals surface area contributed by atoms with Crippen molar-refractivity contribution in [2.24, 2.45) is 0 Å². The van der Waals surface area contributed by atoms with Crippen LogP contribution in [0.2, 0.25) is 5.02 Å². The van der Waals surface area contributed by atoms with Crippen LogP contribution >= 0.6 is 11.6 Å². The molecule has 0 unspecified atom stereocenters. The van der Waals surface area contributed by atoms with Gasteiger partial charge < -0.3 is 10.6 Å². The Morgan fingerprint density at radius 2 is 1.74 bits per heavy atom. The summed E-state index contributed by atoms with van der Waals surface area (Å²) in [5.41, 5.74) is 1.29. The zero-order valence-electron chi connectivity index (χ0n) is 12.3. The molecule has 120 valence electrons. The van der Waals surface area contributed by atoms with Gasteiger partial charge in [0.05, 0.1) is 0 Å². The van der Waals surface area contributed by atoms with E-state index in [0.717, 1.165) is 5.56 Å². The van der Waals surface area contributed by atoms with Gasteiger partial charge in [-0.25, -0.2) is 4.39 Å². The predicted octanol–water partition coefficient (Wildman–Crippen LogP) is 2.45. The fourth-order valence-corrected chi connectivity index (χ4v) is 2.20. The fraction of sp³-hybridized carbons (Fsp3) is 0.176. The van der Waals surface area contributed by atoms with E-state index in [1.807, 2.05) is 12.1 Å². The first-order chi connectivity index (χ1) is 11.1. The molecule has 0 radical (unpaired) electrons. The summed E-state index contributed by atoms with van der Waals surface area (Å²) >= 11 is 5.87. The topological polar surface area (TPSA) is 58.2 Å². The number of hydrogen-bond donors (Lipinski definition) is 2. The van der Waals surface area contributed by atoms with Crippen LogP contribution in [-0.4, -0.2) is 18.4 Å². The molecular weight excluding hydrogens is 319 g/mol. The molecule has 0 saturated carbocycles.